The minimum atomic E-state index is 0.202. The number of imidazole rings is 1. The molecule has 0 radical (unpaired) electrons. The monoisotopic (exact) mass is 321 g/mol. The molecule has 0 fully saturated rings. The Labute approximate surface area is 132 Å². The number of nitrogens with zero attached hydrogens (tertiary/aromatic N) is 2. The van der Waals surface area contributed by atoms with Crippen molar-refractivity contribution in [1.82, 2.24) is 14.7 Å². The van der Waals surface area contributed by atoms with E-state index in [4.69, 9.17) is 16.3 Å². The smallest absolute Gasteiger partial charge is 0.193 e. The molecule has 1 atom stereocenters. The van der Waals surface area contributed by atoms with Crippen LogP contribution in [0.4, 0.5) is 0 Å². The number of fused-ring (bicyclic) bond motifs is 1. The lowest BCUT2D eigenvalue weighted by atomic mass is 10.2. The van der Waals surface area contributed by atoms with E-state index in [1.54, 1.807) is 11.3 Å². The summed E-state index contributed by atoms with van der Waals surface area (Å²) in [5.41, 5.74) is 1.07. The Bertz CT molecular complexity index is 696. The summed E-state index contributed by atoms with van der Waals surface area (Å²) in [4.78, 5) is 5.62. The van der Waals surface area contributed by atoms with Crippen molar-refractivity contribution in [2.24, 2.45) is 0 Å². The maximum atomic E-state index is 5.95. The molecule has 21 heavy (non-hydrogen) atoms. The Morgan fingerprint density at radius 2 is 2.38 bits per heavy atom. The van der Waals surface area contributed by atoms with E-state index in [9.17, 15) is 0 Å². The highest BCUT2D eigenvalue weighted by atomic mass is 35.5. The van der Waals surface area contributed by atoms with Crippen LogP contribution < -0.4 is 10.1 Å². The molecule has 2 heterocycles. The summed E-state index contributed by atoms with van der Waals surface area (Å²) in [6, 6.07) is 7.65. The maximum Gasteiger partial charge on any atom is 0.193 e. The van der Waals surface area contributed by atoms with Gasteiger partial charge in [0.15, 0.2) is 4.96 Å². The van der Waals surface area contributed by atoms with Crippen LogP contribution >= 0.6 is 22.9 Å². The van der Waals surface area contributed by atoms with Crippen molar-refractivity contribution in [3.8, 4) is 5.75 Å². The molecular weight excluding hydrogens is 306 g/mol. The fourth-order valence-electron chi connectivity index (χ4n) is 2.12. The standard InChI is InChI=1S/C15H16ClN3OS/c1-17-13(10-20-14-4-2-3-11(16)7-14)8-12-9-19-5-6-21-15(19)18-12/h2-7,9,13,17H,8,10H2,1H3. The zero-order valence-electron chi connectivity index (χ0n) is 11.6. The van der Waals surface area contributed by atoms with Crippen LogP contribution in [0.3, 0.4) is 0 Å². The maximum absolute atomic E-state index is 5.95. The third-order valence-electron chi connectivity index (χ3n) is 3.25. The van der Waals surface area contributed by atoms with Gasteiger partial charge in [-0.2, -0.15) is 0 Å². The third-order valence-corrected chi connectivity index (χ3v) is 4.26. The number of aromatic nitrogens is 2. The molecular formula is C15H16ClN3OS. The molecule has 2 aromatic heterocycles. The predicted octanol–water partition coefficient (Wildman–Crippen LogP) is 3.26. The van der Waals surface area contributed by atoms with E-state index in [2.05, 4.69) is 16.5 Å². The van der Waals surface area contributed by atoms with Crippen LogP contribution in [-0.4, -0.2) is 29.1 Å². The molecule has 0 bridgehead atoms. The van der Waals surface area contributed by atoms with E-state index < -0.39 is 0 Å². The van der Waals surface area contributed by atoms with Crippen molar-refractivity contribution >= 4 is 27.9 Å². The SMILES string of the molecule is CNC(COc1cccc(Cl)c1)Cc1cn2ccsc2n1. The molecule has 0 aliphatic carbocycles. The molecule has 6 heteroatoms. The molecule has 3 rings (SSSR count). The molecule has 110 valence electrons. The molecule has 0 aliphatic heterocycles. The van der Waals surface area contributed by atoms with Crippen LogP contribution in [0, 0.1) is 0 Å². The van der Waals surface area contributed by atoms with Gasteiger partial charge in [-0.05, 0) is 25.2 Å². The van der Waals surface area contributed by atoms with Gasteiger partial charge in [-0.3, -0.25) is 4.40 Å². The van der Waals surface area contributed by atoms with Gasteiger partial charge in [0.1, 0.15) is 12.4 Å². The summed E-state index contributed by atoms with van der Waals surface area (Å²) in [6.07, 6.45) is 4.91. The summed E-state index contributed by atoms with van der Waals surface area (Å²) in [7, 11) is 1.93. The number of benzene rings is 1. The van der Waals surface area contributed by atoms with Gasteiger partial charge in [0, 0.05) is 35.3 Å². The number of halogens is 1. The number of nitrogens with one attached hydrogen (secondary N) is 1. The third kappa shape index (κ3) is 3.56. The Morgan fingerprint density at radius 3 is 3.14 bits per heavy atom. The number of ether oxygens (including phenoxy) is 1. The Balaban J connectivity index is 1.61. The molecule has 0 spiro atoms. The van der Waals surface area contributed by atoms with Crippen molar-refractivity contribution in [3.05, 3.63) is 52.8 Å². The van der Waals surface area contributed by atoms with Crippen molar-refractivity contribution in [2.45, 2.75) is 12.5 Å². The minimum absolute atomic E-state index is 0.202. The first-order valence-corrected chi connectivity index (χ1v) is 7.97. The zero-order valence-corrected chi connectivity index (χ0v) is 13.2. The molecule has 3 aromatic rings. The Hall–Kier alpha value is -1.56. The molecule has 1 N–H and O–H groups in total. The second-order valence-electron chi connectivity index (χ2n) is 4.78. The number of thiazole rings is 1. The predicted molar refractivity (Wildman–Crippen MR) is 86.6 cm³/mol. The Morgan fingerprint density at radius 1 is 1.48 bits per heavy atom. The second-order valence-corrected chi connectivity index (χ2v) is 6.09. The Kier molecular flexibility index (Phi) is 4.43. The number of hydrogen-bond donors (Lipinski definition) is 1. The van der Waals surface area contributed by atoms with Crippen LogP contribution in [0.5, 0.6) is 5.75 Å². The lowest BCUT2D eigenvalue weighted by molar-refractivity contribution is 0.269. The number of hydrogen-bond acceptors (Lipinski definition) is 4. The average molecular weight is 322 g/mol. The second kappa shape index (κ2) is 6.47. The minimum Gasteiger partial charge on any atom is -0.492 e. The van der Waals surface area contributed by atoms with E-state index in [0.717, 1.165) is 22.8 Å². The molecule has 0 saturated carbocycles. The van der Waals surface area contributed by atoms with E-state index in [1.807, 2.05) is 47.3 Å². The molecule has 1 unspecified atom stereocenters. The molecule has 4 nitrogen and oxygen atoms in total. The van der Waals surface area contributed by atoms with Crippen LogP contribution in [0.2, 0.25) is 5.02 Å². The fraction of sp³-hybridized carbons (Fsp3) is 0.267. The molecule has 0 amide bonds. The van der Waals surface area contributed by atoms with Crippen LogP contribution in [-0.2, 0) is 6.42 Å². The van der Waals surface area contributed by atoms with Crippen molar-refractivity contribution in [1.29, 1.82) is 0 Å². The molecule has 1 aromatic carbocycles. The summed E-state index contributed by atoms with van der Waals surface area (Å²) in [6.45, 7) is 0.571. The highest BCUT2D eigenvalue weighted by Crippen LogP contribution is 2.18. The first kappa shape index (κ1) is 14.4. The topological polar surface area (TPSA) is 38.6 Å². The first-order chi connectivity index (χ1) is 10.2. The quantitative estimate of drug-likeness (QED) is 0.757. The van der Waals surface area contributed by atoms with Gasteiger partial charge in [-0.15, -0.1) is 11.3 Å². The van der Waals surface area contributed by atoms with Gasteiger partial charge in [0.05, 0.1) is 5.69 Å². The summed E-state index contributed by atoms with van der Waals surface area (Å²) in [5.74, 6) is 0.786. The normalized spacial score (nSPS) is 12.7. The summed E-state index contributed by atoms with van der Waals surface area (Å²) in [5, 5.41) is 5.98. The van der Waals surface area contributed by atoms with Crippen molar-refractivity contribution < 1.29 is 4.74 Å². The molecule has 0 aliphatic rings. The largest absolute Gasteiger partial charge is 0.492 e. The van der Waals surface area contributed by atoms with Crippen LogP contribution in [0.1, 0.15) is 5.69 Å². The number of likely N-dealkylation sites (N-methyl/N-ethyl adjacent to an activating group) is 1. The first-order valence-electron chi connectivity index (χ1n) is 6.71. The van der Waals surface area contributed by atoms with Gasteiger partial charge in [0.2, 0.25) is 0 Å². The fourth-order valence-corrected chi connectivity index (χ4v) is 3.02. The zero-order chi connectivity index (χ0) is 14.7. The van der Waals surface area contributed by atoms with Gasteiger partial charge in [0.25, 0.3) is 0 Å². The van der Waals surface area contributed by atoms with Crippen LogP contribution in [0.15, 0.2) is 42.0 Å². The van der Waals surface area contributed by atoms with E-state index >= 15 is 0 Å². The molecule has 0 saturated heterocycles. The van der Waals surface area contributed by atoms with Gasteiger partial charge in [-0.1, -0.05) is 17.7 Å². The van der Waals surface area contributed by atoms with Gasteiger partial charge in [-0.25, -0.2) is 4.98 Å². The summed E-state index contributed by atoms with van der Waals surface area (Å²) < 4.78 is 7.83. The highest BCUT2D eigenvalue weighted by molar-refractivity contribution is 7.15. The number of rotatable bonds is 6. The van der Waals surface area contributed by atoms with Crippen molar-refractivity contribution in [2.75, 3.05) is 13.7 Å². The summed E-state index contributed by atoms with van der Waals surface area (Å²) >= 11 is 7.59. The lowest BCUT2D eigenvalue weighted by Crippen LogP contribution is -2.33. The lowest BCUT2D eigenvalue weighted by Gasteiger charge is -2.16. The van der Waals surface area contributed by atoms with E-state index in [-0.39, 0.29) is 6.04 Å². The van der Waals surface area contributed by atoms with Crippen molar-refractivity contribution in [3.63, 3.8) is 0 Å². The average Bonchev–Trinajstić information content (AvgIpc) is 3.04. The van der Waals surface area contributed by atoms with Crippen LogP contribution in [0.25, 0.3) is 4.96 Å². The van der Waals surface area contributed by atoms with E-state index in [0.29, 0.717) is 11.6 Å². The van der Waals surface area contributed by atoms with Gasteiger partial charge >= 0.3 is 0 Å². The van der Waals surface area contributed by atoms with Gasteiger partial charge < -0.3 is 10.1 Å². The highest BCUT2D eigenvalue weighted by Gasteiger charge is 2.11. The van der Waals surface area contributed by atoms with E-state index in [1.165, 1.54) is 0 Å².